The number of para-hydroxylation sites is 1. The normalized spacial score (nSPS) is 10.1. The topological polar surface area (TPSA) is 64.4 Å². The minimum atomic E-state index is -0.00726. The van der Waals surface area contributed by atoms with Gasteiger partial charge in [-0.05, 0) is 23.3 Å². The molecule has 0 fully saturated rings. The van der Waals surface area contributed by atoms with Gasteiger partial charge >= 0.3 is 0 Å². The Morgan fingerprint density at radius 1 is 1.00 bits per heavy atom. The number of carbonyl (C=O) groups excluding carboxylic acids is 1. The van der Waals surface area contributed by atoms with Gasteiger partial charge in [-0.3, -0.25) is 4.79 Å². The Kier molecular flexibility index (Phi) is 5.79. The Balaban J connectivity index is 1.67. The predicted octanol–water partition coefficient (Wildman–Crippen LogP) is 1.88. The van der Waals surface area contributed by atoms with Crippen molar-refractivity contribution in [2.24, 2.45) is 5.73 Å². The van der Waals surface area contributed by atoms with E-state index in [1.54, 1.807) is 0 Å². The molecule has 1 amide bonds. The van der Waals surface area contributed by atoms with Crippen molar-refractivity contribution in [3.05, 3.63) is 65.7 Å². The fraction of sp³-hybridized carbons (Fsp3) is 0.235. The second-order valence-electron chi connectivity index (χ2n) is 4.71. The van der Waals surface area contributed by atoms with Crippen molar-refractivity contribution < 1.29 is 9.53 Å². The van der Waals surface area contributed by atoms with Crippen LogP contribution in [0.25, 0.3) is 0 Å². The standard InChI is InChI=1S/C17H20N2O2/c18-13-15-8-6-14(7-9-15)12-17(20)19-10-11-21-16-4-2-1-3-5-16/h1-9H,10-13,18H2,(H,19,20). The molecule has 3 N–H and O–H groups in total. The zero-order valence-electron chi connectivity index (χ0n) is 11.9. The summed E-state index contributed by atoms with van der Waals surface area (Å²) >= 11 is 0. The third kappa shape index (κ3) is 5.28. The first-order valence-corrected chi connectivity index (χ1v) is 7.00. The SMILES string of the molecule is NCc1ccc(CC(=O)NCCOc2ccccc2)cc1. The molecule has 4 nitrogen and oxygen atoms in total. The zero-order valence-corrected chi connectivity index (χ0v) is 11.9. The van der Waals surface area contributed by atoms with Crippen molar-refractivity contribution in [3.63, 3.8) is 0 Å². The summed E-state index contributed by atoms with van der Waals surface area (Å²) in [5, 5.41) is 2.84. The minimum absolute atomic E-state index is 0.00726. The van der Waals surface area contributed by atoms with Gasteiger partial charge < -0.3 is 15.8 Å². The van der Waals surface area contributed by atoms with Crippen LogP contribution in [-0.2, 0) is 17.8 Å². The molecule has 0 aliphatic rings. The van der Waals surface area contributed by atoms with Crippen LogP contribution in [0.2, 0.25) is 0 Å². The molecular formula is C17H20N2O2. The summed E-state index contributed by atoms with van der Waals surface area (Å²) in [4.78, 5) is 11.8. The van der Waals surface area contributed by atoms with E-state index in [2.05, 4.69) is 5.32 Å². The molecule has 21 heavy (non-hydrogen) atoms. The summed E-state index contributed by atoms with van der Waals surface area (Å²) in [7, 11) is 0. The first kappa shape index (κ1) is 15.1. The molecule has 0 unspecified atom stereocenters. The number of hydrogen-bond donors (Lipinski definition) is 2. The molecule has 0 radical (unpaired) electrons. The van der Waals surface area contributed by atoms with Gasteiger partial charge in [0.25, 0.3) is 0 Å². The summed E-state index contributed by atoms with van der Waals surface area (Å²) in [6, 6.07) is 17.3. The van der Waals surface area contributed by atoms with Gasteiger partial charge in [-0.1, -0.05) is 42.5 Å². The number of hydrogen-bond acceptors (Lipinski definition) is 3. The molecule has 0 aromatic heterocycles. The van der Waals surface area contributed by atoms with Crippen molar-refractivity contribution in [3.8, 4) is 5.75 Å². The Bertz CT molecular complexity index is 553. The average Bonchev–Trinajstić information content (AvgIpc) is 2.53. The quantitative estimate of drug-likeness (QED) is 0.763. The van der Waals surface area contributed by atoms with Gasteiger partial charge in [-0.15, -0.1) is 0 Å². The van der Waals surface area contributed by atoms with Crippen LogP contribution in [-0.4, -0.2) is 19.1 Å². The van der Waals surface area contributed by atoms with Crippen molar-refractivity contribution in [1.29, 1.82) is 0 Å². The van der Waals surface area contributed by atoms with Gasteiger partial charge in [-0.25, -0.2) is 0 Å². The van der Waals surface area contributed by atoms with Crippen LogP contribution in [0.3, 0.4) is 0 Å². The van der Waals surface area contributed by atoms with Gasteiger partial charge in [0.15, 0.2) is 0 Å². The second kappa shape index (κ2) is 8.07. The first-order valence-electron chi connectivity index (χ1n) is 7.00. The van der Waals surface area contributed by atoms with Gasteiger partial charge in [0, 0.05) is 6.54 Å². The van der Waals surface area contributed by atoms with Crippen LogP contribution < -0.4 is 15.8 Å². The molecule has 0 spiro atoms. The monoisotopic (exact) mass is 284 g/mol. The third-order valence-corrected chi connectivity index (χ3v) is 3.06. The molecule has 2 aromatic rings. The maximum Gasteiger partial charge on any atom is 0.224 e. The fourth-order valence-electron chi connectivity index (χ4n) is 1.92. The van der Waals surface area contributed by atoms with E-state index in [4.69, 9.17) is 10.5 Å². The van der Waals surface area contributed by atoms with E-state index in [1.807, 2.05) is 54.6 Å². The van der Waals surface area contributed by atoms with Gasteiger partial charge in [-0.2, -0.15) is 0 Å². The molecule has 2 aromatic carbocycles. The summed E-state index contributed by atoms with van der Waals surface area (Å²) in [6.07, 6.45) is 0.371. The number of nitrogens with one attached hydrogen (secondary N) is 1. The van der Waals surface area contributed by atoms with Crippen LogP contribution in [0.5, 0.6) is 5.75 Å². The van der Waals surface area contributed by atoms with Crippen LogP contribution in [0.4, 0.5) is 0 Å². The van der Waals surface area contributed by atoms with Crippen LogP contribution in [0.15, 0.2) is 54.6 Å². The number of rotatable bonds is 7. The highest BCUT2D eigenvalue weighted by Crippen LogP contribution is 2.07. The van der Waals surface area contributed by atoms with Crippen LogP contribution in [0, 0.1) is 0 Å². The van der Waals surface area contributed by atoms with Gasteiger partial charge in [0.1, 0.15) is 12.4 Å². The van der Waals surface area contributed by atoms with E-state index in [0.29, 0.717) is 26.1 Å². The highest BCUT2D eigenvalue weighted by atomic mass is 16.5. The lowest BCUT2D eigenvalue weighted by Crippen LogP contribution is -2.29. The molecule has 0 aliphatic heterocycles. The number of amides is 1. The molecule has 0 bridgehead atoms. The average molecular weight is 284 g/mol. The number of benzene rings is 2. The number of nitrogens with two attached hydrogens (primary N) is 1. The highest BCUT2D eigenvalue weighted by molar-refractivity contribution is 5.78. The largest absolute Gasteiger partial charge is 0.492 e. The van der Waals surface area contributed by atoms with Crippen molar-refractivity contribution in [2.75, 3.05) is 13.2 Å². The molecule has 0 aliphatic carbocycles. The Morgan fingerprint density at radius 2 is 1.67 bits per heavy atom. The number of ether oxygens (including phenoxy) is 1. The molecule has 110 valence electrons. The lowest BCUT2D eigenvalue weighted by atomic mass is 10.1. The molecule has 0 heterocycles. The first-order chi connectivity index (χ1) is 10.3. The Morgan fingerprint density at radius 3 is 2.33 bits per heavy atom. The van der Waals surface area contributed by atoms with Gasteiger partial charge in [0.2, 0.25) is 5.91 Å². The highest BCUT2D eigenvalue weighted by Gasteiger charge is 2.03. The lowest BCUT2D eigenvalue weighted by Gasteiger charge is -2.08. The summed E-state index contributed by atoms with van der Waals surface area (Å²) in [6.45, 7) is 1.47. The van der Waals surface area contributed by atoms with E-state index < -0.39 is 0 Å². The van der Waals surface area contributed by atoms with E-state index in [0.717, 1.165) is 16.9 Å². The summed E-state index contributed by atoms with van der Waals surface area (Å²) in [5.74, 6) is 0.802. The number of carbonyl (C=O) groups is 1. The fourth-order valence-corrected chi connectivity index (χ4v) is 1.92. The Labute approximate surface area is 124 Å². The van der Waals surface area contributed by atoms with Crippen LogP contribution >= 0.6 is 0 Å². The molecular weight excluding hydrogens is 264 g/mol. The lowest BCUT2D eigenvalue weighted by molar-refractivity contribution is -0.120. The molecule has 2 rings (SSSR count). The molecule has 0 saturated carbocycles. The van der Waals surface area contributed by atoms with Crippen molar-refractivity contribution >= 4 is 5.91 Å². The van der Waals surface area contributed by atoms with E-state index in [1.165, 1.54) is 0 Å². The van der Waals surface area contributed by atoms with E-state index >= 15 is 0 Å². The van der Waals surface area contributed by atoms with Crippen molar-refractivity contribution in [1.82, 2.24) is 5.32 Å². The predicted molar refractivity (Wildman–Crippen MR) is 83.0 cm³/mol. The van der Waals surface area contributed by atoms with E-state index in [9.17, 15) is 4.79 Å². The zero-order chi connectivity index (χ0) is 14.9. The second-order valence-corrected chi connectivity index (χ2v) is 4.71. The minimum Gasteiger partial charge on any atom is -0.492 e. The summed E-state index contributed by atoms with van der Waals surface area (Å²) < 4.78 is 5.51. The maximum absolute atomic E-state index is 11.8. The van der Waals surface area contributed by atoms with E-state index in [-0.39, 0.29) is 5.91 Å². The van der Waals surface area contributed by atoms with Gasteiger partial charge in [0.05, 0.1) is 13.0 Å². The Hall–Kier alpha value is -2.33. The smallest absolute Gasteiger partial charge is 0.224 e. The third-order valence-electron chi connectivity index (χ3n) is 3.06. The van der Waals surface area contributed by atoms with Crippen molar-refractivity contribution in [2.45, 2.75) is 13.0 Å². The summed E-state index contributed by atoms with van der Waals surface area (Å²) in [5.41, 5.74) is 7.58. The molecule has 0 atom stereocenters. The maximum atomic E-state index is 11.8. The molecule has 4 heteroatoms. The molecule has 0 saturated heterocycles. The van der Waals surface area contributed by atoms with Crippen LogP contribution in [0.1, 0.15) is 11.1 Å².